The summed E-state index contributed by atoms with van der Waals surface area (Å²) in [7, 11) is 0. The molecule has 0 aromatic rings. The second-order valence-corrected chi connectivity index (χ2v) is 3.19. The minimum Gasteiger partial charge on any atom is -0.391 e. The molecule has 3 atom stereocenters. The third-order valence-electron chi connectivity index (χ3n) is 2.36. The molecule has 1 aliphatic heterocycles. The molecule has 66 valence electrons. The number of ether oxygens (including phenoxy) is 1. The average molecular weight is 159 g/mol. The lowest BCUT2D eigenvalue weighted by Crippen LogP contribution is -2.39. The van der Waals surface area contributed by atoms with E-state index in [4.69, 9.17) is 10.5 Å². The first-order valence-electron chi connectivity index (χ1n) is 4.27. The second kappa shape index (κ2) is 4.04. The van der Waals surface area contributed by atoms with E-state index in [0.29, 0.717) is 6.61 Å². The maximum atomic E-state index is 9.61. The number of rotatable bonds is 3. The number of nitrogens with two attached hydrogens (primary N) is 1. The second-order valence-electron chi connectivity index (χ2n) is 3.19. The van der Waals surface area contributed by atoms with Crippen LogP contribution in [0, 0.1) is 5.92 Å². The van der Waals surface area contributed by atoms with Gasteiger partial charge in [-0.15, -0.1) is 0 Å². The fourth-order valence-electron chi connectivity index (χ4n) is 1.41. The molecule has 0 saturated carbocycles. The molecule has 0 amide bonds. The lowest BCUT2D eigenvalue weighted by molar-refractivity contribution is 0.0696. The topological polar surface area (TPSA) is 55.5 Å². The van der Waals surface area contributed by atoms with Crippen molar-refractivity contribution in [1.82, 2.24) is 0 Å². The predicted molar refractivity (Wildman–Crippen MR) is 43.2 cm³/mol. The zero-order valence-electron chi connectivity index (χ0n) is 6.99. The Morgan fingerprint density at radius 2 is 2.45 bits per heavy atom. The van der Waals surface area contributed by atoms with Crippen LogP contribution in [0.5, 0.6) is 0 Å². The molecule has 0 aliphatic carbocycles. The molecular weight excluding hydrogens is 142 g/mol. The zero-order chi connectivity index (χ0) is 8.27. The van der Waals surface area contributed by atoms with Crippen molar-refractivity contribution < 1.29 is 9.84 Å². The number of hydrogen-bond donors (Lipinski definition) is 2. The molecule has 3 nitrogen and oxygen atoms in total. The summed E-state index contributed by atoms with van der Waals surface area (Å²) in [5.74, 6) is 0.268. The summed E-state index contributed by atoms with van der Waals surface area (Å²) in [5.41, 5.74) is 5.69. The summed E-state index contributed by atoms with van der Waals surface area (Å²) >= 11 is 0. The van der Waals surface area contributed by atoms with Gasteiger partial charge in [-0.3, -0.25) is 0 Å². The van der Waals surface area contributed by atoms with Crippen molar-refractivity contribution in [2.24, 2.45) is 11.7 Å². The van der Waals surface area contributed by atoms with E-state index in [2.05, 4.69) is 0 Å². The summed E-state index contributed by atoms with van der Waals surface area (Å²) in [6.07, 6.45) is 1.41. The average Bonchev–Trinajstić information content (AvgIpc) is 2.53. The maximum absolute atomic E-state index is 9.61. The van der Waals surface area contributed by atoms with Crippen molar-refractivity contribution in [2.45, 2.75) is 31.9 Å². The molecule has 0 radical (unpaired) electrons. The van der Waals surface area contributed by atoms with E-state index in [1.807, 2.05) is 6.92 Å². The zero-order valence-corrected chi connectivity index (χ0v) is 6.99. The fraction of sp³-hybridized carbons (Fsp3) is 1.00. The van der Waals surface area contributed by atoms with Gasteiger partial charge >= 0.3 is 0 Å². The molecule has 11 heavy (non-hydrogen) atoms. The predicted octanol–water partition coefficient (Wildman–Crippen LogP) is 0.121. The Labute approximate surface area is 67.5 Å². The highest BCUT2D eigenvalue weighted by atomic mass is 16.5. The van der Waals surface area contributed by atoms with Crippen LogP contribution in [0.3, 0.4) is 0 Å². The van der Waals surface area contributed by atoms with Crippen molar-refractivity contribution in [3.8, 4) is 0 Å². The van der Waals surface area contributed by atoms with Crippen LogP contribution >= 0.6 is 0 Å². The standard InChI is InChI=1S/C8H17NO2/c1-2-7(9)8(10)6-3-4-11-5-6/h6-8,10H,2-5,9H2,1H3. The molecular formula is C8H17NO2. The molecule has 0 aromatic carbocycles. The molecule has 3 heteroatoms. The van der Waals surface area contributed by atoms with Gasteiger partial charge in [0.1, 0.15) is 0 Å². The van der Waals surface area contributed by atoms with E-state index in [1.54, 1.807) is 0 Å². The number of hydrogen-bond acceptors (Lipinski definition) is 3. The Balaban J connectivity index is 2.32. The molecule has 1 heterocycles. The van der Waals surface area contributed by atoms with Crippen molar-refractivity contribution in [3.63, 3.8) is 0 Å². The van der Waals surface area contributed by atoms with Gasteiger partial charge in [-0.1, -0.05) is 6.92 Å². The van der Waals surface area contributed by atoms with Crippen LogP contribution < -0.4 is 5.73 Å². The summed E-state index contributed by atoms with van der Waals surface area (Å²) in [6.45, 7) is 3.44. The first-order valence-corrected chi connectivity index (χ1v) is 4.27. The lowest BCUT2D eigenvalue weighted by atomic mass is 9.95. The minimum atomic E-state index is -0.373. The van der Waals surface area contributed by atoms with E-state index in [0.717, 1.165) is 19.4 Å². The molecule has 3 unspecified atom stereocenters. The molecule has 1 rings (SSSR count). The third kappa shape index (κ3) is 2.15. The molecule has 0 aromatic heterocycles. The van der Waals surface area contributed by atoms with E-state index in [1.165, 1.54) is 0 Å². The van der Waals surface area contributed by atoms with Gasteiger partial charge < -0.3 is 15.6 Å². The van der Waals surface area contributed by atoms with Crippen molar-refractivity contribution in [1.29, 1.82) is 0 Å². The summed E-state index contributed by atoms with van der Waals surface area (Å²) in [6, 6.07) is -0.0818. The van der Waals surface area contributed by atoms with Crippen molar-refractivity contribution in [2.75, 3.05) is 13.2 Å². The van der Waals surface area contributed by atoms with E-state index in [-0.39, 0.29) is 18.1 Å². The highest BCUT2D eigenvalue weighted by Crippen LogP contribution is 2.18. The van der Waals surface area contributed by atoms with Gasteiger partial charge in [0, 0.05) is 18.6 Å². The Morgan fingerprint density at radius 3 is 2.91 bits per heavy atom. The number of aliphatic hydroxyl groups is 1. The van der Waals surface area contributed by atoms with Gasteiger partial charge in [0.15, 0.2) is 0 Å². The highest BCUT2D eigenvalue weighted by molar-refractivity contribution is 4.80. The van der Waals surface area contributed by atoms with Gasteiger partial charge in [-0.05, 0) is 12.8 Å². The van der Waals surface area contributed by atoms with Gasteiger partial charge in [-0.2, -0.15) is 0 Å². The molecule has 3 N–H and O–H groups in total. The van der Waals surface area contributed by atoms with Crippen LogP contribution in [0.4, 0.5) is 0 Å². The van der Waals surface area contributed by atoms with Crippen molar-refractivity contribution >= 4 is 0 Å². The van der Waals surface area contributed by atoms with E-state index >= 15 is 0 Å². The highest BCUT2D eigenvalue weighted by Gasteiger charge is 2.27. The maximum Gasteiger partial charge on any atom is 0.0741 e. The number of aliphatic hydroxyl groups excluding tert-OH is 1. The Bertz CT molecular complexity index is 113. The molecule has 1 saturated heterocycles. The SMILES string of the molecule is CCC(N)C(O)C1CCOC1. The van der Waals surface area contributed by atoms with E-state index in [9.17, 15) is 5.11 Å². The monoisotopic (exact) mass is 159 g/mol. The normalized spacial score (nSPS) is 30.3. The largest absolute Gasteiger partial charge is 0.391 e. The molecule has 1 aliphatic rings. The van der Waals surface area contributed by atoms with Crippen LogP contribution in [0.2, 0.25) is 0 Å². The summed E-state index contributed by atoms with van der Waals surface area (Å²) < 4.78 is 5.16. The minimum absolute atomic E-state index is 0.0818. The Hall–Kier alpha value is -0.120. The Morgan fingerprint density at radius 1 is 1.73 bits per heavy atom. The van der Waals surface area contributed by atoms with Gasteiger partial charge in [0.05, 0.1) is 12.7 Å². The fourth-order valence-corrected chi connectivity index (χ4v) is 1.41. The third-order valence-corrected chi connectivity index (χ3v) is 2.36. The van der Waals surface area contributed by atoms with Gasteiger partial charge in [0.25, 0.3) is 0 Å². The van der Waals surface area contributed by atoms with Crippen molar-refractivity contribution in [3.05, 3.63) is 0 Å². The quantitative estimate of drug-likeness (QED) is 0.615. The molecule has 0 bridgehead atoms. The molecule has 0 spiro atoms. The molecule has 1 fully saturated rings. The van der Waals surface area contributed by atoms with Crippen LogP contribution in [0.15, 0.2) is 0 Å². The van der Waals surface area contributed by atoms with Crippen LogP contribution in [0.25, 0.3) is 0 Å². The van der Waals surface area contributed by atoms with Crippen LogP contribution in [-0.4, -0.2) is 30.5 Å². The van der Waals surface area contributed by atoms with E-state index < -0.39 is 0 Å². The van der Waals surface area contributed by atoms with Gasteiger partial charge in [-0.25, -0.2) is 0 Å². The first-order chi connectivity index (χ1) is 5.25. The van der Waals surface area contributed by atoms with Crippen LogP contribution in [0.1, 0.15) is 19.8 Å². The Kier molecular flexibility index (Phi) is 3.30. The smallest absolute Gasteiger partial charge is 0.0741 e. The first kappa shape index (κ1) is 8.97. The van der Waals surface area contributed by atoms with Gasteiger partial charge in [0.2, 0.25) is 0 Å². The lowest BCUT2D eigenvalue weighted by Gasteiger charge is -2.21. The summed E-state index contributed by atoms with van der Waals surface area (Å²) in [4.78, 5) is 0. The van der Waals surface area contributed by atoms with Crippen LogP contribution in [-0.2, 0) is 4.74 Å². The summed E-state index contributed by atoms with van der Waals surface area (Å²) in [5, 5.41) is 9.61.